The highest BCUT2D eigenvalue weighted by molar-refractivity contribution is 5.81. The van der Waals surface area contributed by atoms with Crippen molar-refractivity contribution in [2.75, 3.05) is 6.54 Å². The number of rotatable bonds is 3. The summed E-state index contributed by atoms with van der Waals surface area (Å²) in [5.41, 5.74) is -1.23. The largest absolute Gasteiger partial charge is 0.388 e. The van der Waals surface area contributed by atoms with E-state index < -0.39 is 11.0 Å². The lowest BCUT2D eigenvalue weighted by Crippen LogP contribution is -2.47. The van der Waals surface area contributed by atoms with Crippen molar-refractivity contribution in [2.45, 2.75) is 47.1 Å². The fourth-order valence-electron chi connectivity index (χ4n) is 0.729. The van der Waals surface area contributed by atoms with E-state index in [1.165, 1.54) is 0 Å². The van der Waals surface area contributed by atoms with Crippen LogP contribution in [0.2, 0.25) is 0 Å². The Morgan fingerprint density at radius 3 is 2.00 bits per heavy atom. The standard InChI is InChI=1S/C11H23NO2/c1-8(2)11(6,14)7-12-9(13)10(3,4)5/h8,14H,7H2,1-6H3,(H,12,13). The van der Waals surface area contributed by atoms with Crippen molar-refractivity contribution in [1.29, 1.82) is 0 Å². The monoisotopic (exact) mass is 201 g/mol. The average Bonchev–Trinajstić information content (AvgIpc) is 1.98. The van der Waals surface area contributed by atoms with Gasteiger partial charge in [0.2, 0.25) is 5.91 Å². The molecule has 0 heterocycles. The predicted octanol–water partition coefficient (Wildman–Crippen LogP) is 1.56. The van der Waals surface area contributed by atoms with Gasteiger partial charge in [0.1, 0.15) is 0 Å². The molecule has 0 aliphatic heterocycles. The molecule has 84 valence electrons. The summed E-state index contributed by atoms with van der Waals surface area (Å²) in [6.07, 6.45) is 0. The molecule has 0 aliphatic carbocycles. The van der Waals surface area contributed by atoms with Crippen LogP contribution in [0.15, 0.2) is 0 Å². The number of carbonyl (C=O) groups excluding carboxylic acids is 1. The predicted molar refractivity (Wildman–Crippen MR) is 57.9 cm³/mol. The Morgan fingerprint density at radius 2 is 1.71 bits per heavy atom. The third-order valence-corrected chi connectivity index (χ3v) is 2.53. The number of aliphatic hydroxyl groups is 1. The van der Waals surface area contributed by atoms with E-state index in [0.29, 0.717) is 6.54 Å². The lowest BCUT2D eigenvalue weighted by molar-refractivity contribution is -0.130. The number of hydrogen-bond donors (Lipinski definition) is 2. The lowest BCUT2D eigenvalue weighted by atomic mass is 9.91. The smallest absolute Gasteiger partial charge is 0.225 e. The van der Waals surface area contributed by atoms with Gasteiger partial charge in [-0.15, -0.1) is 0 Å². The van der Waals surface area contributed by atoms with Crippen molar-refractivity contribution >= 4 is 5.91 Å². The number of hydrogen-bond acceptors (Lipinski definition) is 2. The molecule has 0 aliphatic rings. The van der Waals surface area contributed by atoms with Gasteiger partial charge in [0.25, 0.3) is 0 Å². The third kappa shape index (κ3) is 4.09. The fraction of sp³-hybridized carbons (Fsp3) is 0.909. The minimum absolute atomic E-state index is 0.0292. The Kier molecular flexibility index (Phi) is 4.13. The second kappa shape index (κ2) is 4.30. The maximum absolute atomic E-state index is 11.5. The van der Waals surface area contributed by atoms with E-state index >= 15 is 0 Å². The molecule has 0 aromatic rings. The molecule has 1 atom stereocenters. The van der Waals surface area contributed by atoms with Gasteiger partial charge in [-0.1, -0.05) is 34.6 Å². The Hall–Kier alpha value is -0.570. The molecular formula is C11H23NO2. The van der Waals surface area contributed by atoms with E-state index in [9.17, 15) is 9.90 Å². The summed E-state index contributed by atoms with van der Waals surface area (Å²) in [4.78, 5) is 11.5. The molecule has 2 N–H and O–H groups in total. The summed E-state index contributed by atoms with van der Waals surface area (Å²) >= 11 is 0. The van der Waals surface area contributed by atoms with Gasteiger partial charge in [-0.3, -0.25) is 4.79 Å². The number of nitrogens with one attached hydrogen (secondary N) is 1. The molecule has 0 radical (unpaired) electrons. The second-order valence-corrected chi connectivity index (χ2v) is 5.44. The molecule has 0 saturated carbocycles. The zero-order valence-electron chi connectivity index (χ0n) is 10.1. The third-order valence-electron chi connectivity index (χ3n) is 2.53. The van der Waals surface area contributed by atoms with Crippen molar-refractivity contribution in [3.05, 3.63) is 0 Å². The van der Waals surface area contributed by atoms with Gasteiger partial charge in [-0.25, -0.2) is 0 Å². The van der Waals surface area contributed by atoms with Crippen LogP contribution < -0.4 is 5.32 Å². The molecule has 14 heavy (non-hydrogen) atoms. The first kappa shape index (κ1) is 13.4. The zero-order chi connectivity index (χ0) is 11.6. The second-order valence-electron chi connectivity index (χ2n) is 5.44. The van der Waals surface area contributed by atoms with E-state index in [4.69, 9.17) is 0 Å². The van der Waals surface area contributed by atoms with Gasteiger partial charge in [-0.05, 0) is 12.8 Å². The maximum Gasteiger partial charge on any atom is 0.225 e. The van der Waals surface area contributed by atoms with E-state index in [0.717, 1.165) is 0 Å². The van der Waals surface area contributed by atoms with Crippen molar-refractivity contribution in [2.24, 2.45) is 11.3 Å². The zero-order valence-corrected chi connectivity index (χ0v) is 10.1. The maximum atomic E-state index is 11.5. The first-order valence-electron chi connectivity index (χ1n) is 5.08. The summed E-state index contributed by atoms with van der Waals surface area (Å²) in [5, 5.41) is 12.6. The molecular weight excluding hydrogens is 178 g/mol. The molecule has 1 unspecified atom stereocenters. The van der Waals surface area contributed by atoms with Crippen molar-refractivity contribution in [3.8, 4) is 0 Å². The average molecular weight is 201 g/mol. The summed E-state index contributed by atoms with van der Waals surface area (Å²) in [7, 11) is 0. The SMILES string of the molecule is CC(C)C(C)(O)CNC(=O)C(C)(C)C. The summed E-state index contributed by atoms with van der Waals surface area (Å²) < 4.78 is 0. The lowest BCUT2D eigenvalue weighted by Gasteiger charge is -2.29. The normalized spacial score (nSPS) is 16.6. The quantitative estimate of drug-likeness (QED) is 0.728. The molecule has 0 rings (SSSR count). The van der Waals surface area contributed by atoms with Crippen LogP contribution in [-0.2, 0) is 4.79 Å². The first-order valence-corrected chi connectivity index (χ1v) is 5.08. The molecule has 0 bridgehead atoms. The van der Waals surface area contributed by atoms with Crippen molar-refractivity contribution < 1.29 is 9.90 Å². The van der Waals surface area contributed by atoms with Gasteiger partial charge in [0.15, 0.2) is 0 Å². The Morgan fingerprint density at radius 1 is 1.29 bits per heavy atom. The van der Waals surface area contributed by atoms with Crippen LogP contribution in [0.1, 0.15) is 41.5 Å². The number of carbonyl (C=O) groups is 1. The fourth-order valence-corrected chi connectivity index (χ4v) is 0.729. The molecule has 0 saturated heterocycles. The van der Waals surface area contributed by atoms with Crippen LogP contribution in [0.3, 0.4) is 0 Å². The van der Waals surface area contributed by atoms with Crippen LogP contribution in [-0.4, -0.2) is 23.2 Å². The molecule has 3 nitrogen and oxygen atoms in total. The van der Waals surface area contributed by atoms with Crippen LogP contribution in [0.4, 0.5) is 0 Å². The van der Waals surface area contributed by atoms with Crippen LogP contribution in [0.5, 0.6) is 0 Å². The van der Waals surface area contributed by atoms with E-state index in [-0.39, 0.29) is 11.8 Å². The molecule has 0 aromatic heterocycles. The van der Waals surface area contributed by atoms with E-state index in [1.807, 2.05) is 34.6 Å². The van der Waals surface area contributed by atoms with Gasteiger partial charge in [0, 0.05) is 12.0 Å². The van der Waals surface area contributed by atoms with Crippen LogP contribution in [0, 0.1) is 11.3 Å². The minimum Gasteiger partial charge on any atom is -0.388 e. The highest BCUT2D eigenvalue weighted by atomic mass is 16.3. The van der Waals surface area contributed by atoms with Crippen LogP contribution in [0.25, 0.3) is 0 Å². The van der Waals surface area contributed by atoms with Gasteiger partial charge in [-0.2, -0.15) is 0 Å². The molecule has 0 spiro atoms. The minimum atomic E-state index is -0.832. The topological polar surface area (TPSA) is 49.3 Å². The number of amides is 1. The highest BCUT2D eigenvalue weighted by Crippen LogP contribution is 2.17. The van der Waals surface area contributed by atoms with Crippen molar-refractivity contribution in [3.63, 3.8) is 0 Å². The first-order chi connectivity index (χ1) is 6.07. The molecule has 0 aromatic carbocycles. The van der Waals surface area contributed by atoms with Crippen molar-refractivity contribution in [1.82, 2.24) is 5.32 Å². The summed E-state index contributed by atoms with van der Waals surface area (Å²) in [6.45, 7) is 11.5. The van der Waals surface area contributed by atoms with E-state index in [2.05, 4.69) is 5.32 Å². The van der Waals surface area contributed by atoms with Gasteiger partial charge in [0.05, 0.1) is 5.60 Å². The van der Waals surface area contributed by atoms with Gasteiger partial charge >= 0.3 is 0 Å². The van der Waals surface area contributed by atoms with E-state index in [1.54, 1.807) is 6.92 Å². The highest BCUT2D eigenvalue weighted by Gasteiger charge is 2.28. The van der Waals surface area contributed by atoms with Gasteiger partial charge < -0.3 is 10.4 Å². The molecule has 1 amide bonds. The molecule has 3 heteroatoms. The van der Waals surface area contributed by atoms with Crippen LogP contribution >= 0.6 is 0 Å². The summed E-state index contributed by atoms with van der Waals surface area (Å²) in [5.74, 6) is 0.0983. The molecule has 0 fully saturated rings. The summed E-state index contributed by atoms with van der Waals surface area (Å²) in [6, 6.07) is 0. The Balaban J connectivity index is 4.14. The Labute approximate surface area is 86.9 Å². The Bertz CT molecular complexity index is 202.